The van der Waals surface area contributed by atoms with Crippen LogP contribution >= 0.6 is 0 Å². The van der Waals surface area contributed by atoms with Crippen LogP contribution in [-0.4, -0.2) is 0 Å². The van der Waals surface area contributed by atoms with Gasteiger partial charge in [-0.2, -0.15) is 0 Å². The molecule has 0 spiro atoms. The minimum absolute atomic E-state index is 1.39. The van der Waals surface area contributed by atoms with Crippen LogP contribution in [0.4, 0.5) is 0 Å². The molecule has 0 fully saturated rings. The predicted octanol–water partition coefficient (Wildman–Crippen LogP) is 1.09. The molecule has 0 N–H and O–H groups in total. The highest BCUT2D eigenvalue weighted by Gasteiger charge is 1.35. The molecule has 0 aliphatic rings. The highest BCUT2D eigenvalue weighted by Crippen LogP contribution is 1.55. The van der Waals surface area contributed by atoms with Crippen LogP contribution in [0, 0.1) is 13.8 Å². The Kier molecular flexibility index (Phi) is 2.56. The molecule has 0 aromatic rings. The standard InChI is InChI=1S/C4H5/c1-3-4-2/h1,3-4H,2H2/b4-3+. The van der Waals surface area contributed by atoms with Gasteiger partial charge in [-0.1, -0.05) is 12.2 Å². The van der Waals surface area contributed by atoms with Gasteiger partial charge in [0.25, 0.3) is 0 Å². The van der Waals surface area contributed by atoms with Crippen LogP contribution in [0.25, 0.3) is 0 Å². The Labute approximate surface area is 27.1 Å². The Bertz CT molecular complexity index is 15.2. The molecule has 0 nitrogen and oxygen atoms in total. The fourth-order valence-electron chi connectivity index (χ4n) is 0. The molecule has 0 heteroatoms. The summed E-state index contributed by atoms with van der Waals surface area (Å²) in [5.41, 5.74) is 0. The van der Waals surface area contributed by atoms with E-state index in [4.69, 9.17) is 6.92 Å². The van der Waals surface area contributed by atoms with E-state index in [9.17, 15) is 0 Å². The van der Waals surface area contributed by atoms with Crippen LogP contribution in [0.5, 0.6) is 0 Å². The molecule has 0 aromatic carbocycles. The van der Waals surface area contributed by atoms with Gasteiger partial charge >= 0.3 is 0 Å². The Morgan fingerprint density at radius 2 is 2.00 bits per heavy atom. The van der Waals surface area contributed by atoms with E-state index in [-0.39, 0.29) is 0 Å². The van der Waals surface area contributed by atoms with Gasteiger partial charge in [-0.15, -0.1) is 0 Å². The van der Waals surface area contributed by atoms with Gasteiger partial charge in [-0.3, -0.25) is 0 Å². The summed E-state index contributed by atoms with van der Waals surface area (Å²) >= 11 is 0. The van der Waals surface area contributed by atoms with Gasteiger partial charge in [-0.05, 0) is 13.8 Å². The zero-order valence-corrected chi connectivity index (χ0v) is 2.44. The molecule has 0 saturated carbocycles. The molecular weight excluding hydrogens is 48.0 g/mol. The van der Waals surface area contributed by atoms with E-state index in [1.807, 2.05) is 0 Å². The van der Waals surface area contributed by atoms with Crippen LogP contribution in [0.3, 0.4) is 0 Å². The van der Waals surface area contributed by atoms with Crippen LogP contribution in [0.1, 0.15) is 0 Å². The molecule has 21 valence electrons. The van der Waals surface area contributed by atoms with Crippen LogP contribution < -0.4 is 0 Å². The van der Waals surface area contributed by atoms with Crippen LogP contribution in [0.2, 0.25) is 0 Å². The summed E-state index contributed by atoms with van der Waals surface area (Å²) in [7, 11) is 0. The minimum Gasteiger partial charge on any atom is -0.0879 e. The van der Waals surface area contributed by atoms with Crippen molar-refractivity contribution < 1.29 is 0 Å². The monoisotopic (exact) mass is 53.0 g/mol. The van der Waals surface area contributed by atoms with Gasteiger partial charge in [0, 0.05) is 0 Å². The topological polar surface area (TPSA) is 0 Å². The third-order valence-electron chi connectivity index (χ3n) is 0.136. The maximum atomic E-state index is 4.78. The fourth-order valence-corrected chi connectivity index (χ4v) is 0. The van der Waals surface area contributed by atoms with E-state index in [0.717, 1.165) is 0 Å². The van der Waals surface area contributed by atoms with E-state index < -0.39 is 0 Å². The molecule has 3 radical (unpaired) electrons. The molecular formula is C4H5. The Morgan fingerprint density at radius 1 is 1.75 bits per heavy atom. The van der Waals surface area contributed by atoms with Crippen molar-refractivity contribution in [2.45, 2.75) is 0 Å². The van der Waals surface area contributed by atoms with E-state index in [1.165, 1.54) is 12.2 Å². The minimum atomic E-state index is 1.39. The lowest BCUT2D eigenvalue weighted by molar-refractivity contribution is 2.00. The third kappa shape index (κ3) is 1.74. The van der Waals surface area contributed by atoms with E-state index in [0.29, 0.717) is 0 Å². The summed E-state index contributed by atoms with van der Waals surface area (Å²) in [5, 5.41) is 0. The number of hydrogen-bond donors (Lipinski definition) is 0. The fraction of sp³-hybridized carbons (Fsp3) is 0. The maximum absolute atomic E-state index is 4.78. The van der Waals surface area contributed by atoms with Gasteiger partial charge < -0.3 is 0 Å². The van der Waals surface area contributed by atoms with Crippen molar-refractivity contribution in [3.05, 3.63) is 26.0 Å². The van der Waals surface area contributed by atoms with E-state index in [2.05, 4.69) is 6.92 Å². The average Bonchev–Trinajstić information content (AvgIpc) is 1.37. The smallest absolute Gasteiger partial charge is 0.00958 e. The van der Waals surface area contributed by atoms with Crippen molar-refractivity contribution in [1.29, 1.82) is 0 Å². The average molecular weight is 53.1 g/mol. The predicted molar refractivity (Wildman–Crippen MR) is 18.8 cm³/mol. The summed E-state index contributed by atoms with van der Waals surface area (Å²) in [6.07, 6.45) is 2.92. The second-order valence-electron chi connectivity index (χ2n) is 0.428. The number of allylic oxidation sites excluding steroid dienone is 2. The van der Waals surface area contributed by atoms with Crippen molar-refractivity contribution in [1.82, 2.24) is 0 Å². The second kappa shape index (κ2) is 2.74. The van der Waals surface area contributed by atoms with Crippen LogP contribution in [0.15, 0.2) is 12.2 Å². The molecule has 0 rings (SSSR count). The van der Waals surface area contributed by atoms with Crippen molar-refractivity contribution in [2.75, 3.05) is 0 Å². The van der Waals surface area contributed by atoms with Crippen molar-refractivity contribution >= 4 is 0 Å². The summed E-state index contributed by atoms with van der Waals surface area (Å²) in [6, 6.07) is 0. The molecule has 4 heavy (non-hydrogen) atoms. The van der Waals surface area contributed by atoms with Gasteiger partial charge in [0.2, 0.25) is 0 Å². The highest BCUT2D eigenvalue weighted by atomic mass is 13.4. The Morgan fingerprint density at radius 3 is 2.00 bits per heavy atom. The lowest BCUT2D eigenvalue weighted by Crippen LogP contribution is -1.28. The Hall–Kier alpha value is -0.260. The lowest BCUT2D eigenvalue weighted by atomic mass is 10.6. The molecule has 0 atom stereocenters. The first-order chi connectivity index (χ1) is 1.91. The van der Waals surface area contributed by atoms with E-state index >= 15 is 0 Å². The summed E-state index contributed by atoms with van der Waals surface area (Å²) in [4.78, 5) is 0. The number of rotatable bonds is 0. The number of hydrogen-bond acceptors (Lipinski definition) is 0. The highest BCUT2D eigenvalue weighted by molar-refractivity contribution is 4.85. The van der Waals surface area contributed by atoms with Crippen molar-refractivity contribution in [2.24, 2.45) is 0 Å². The molecule has 0 aromatic heterocycles. The molecule has 0 unspecified atom stereocenters. The first kappa shape index (κ1) is 3.74. The summed E-state index contributed by atoms with van der Waals surface area (Å²) in [6.45, 7) is 8.08. The molecule has 0 amide bonds. The lowest BCUT2D eigenvalue weighted by Gasteiger charge is -1.48. The Balaban J connectivity index is 2.55. The van der Waals surface area contributed by atoms with Crippen molar-refractivity contribution in [3.8, 4) is 0 Å². The molecule has 0 bridgehead atoms. The normalized spacial score (nSPS) is 9.50. The first-order valence-corrected chi connectivity index (χ1v) is 1.07. The largest absolute Gasteiger partial charge is 0.0879 e. The van der Waals surface area contributed by atoms with Gasteiger partial charge in [-0.25, -0.2) is 0 Å². The molecule has 0 heterocycles. The van der Waals surface area contributed by atoms with Gasteiger partial charge in [0.15, 0.2) is 0 Å². The maximum Gasteiger partial charge on any atom is -0.00958 e. The molecule has 0 aliphatic carbocycles. The second-order valence-corrected chi connectivity index (χ2v) is 0.428. The zero-order valence-electron chi connectivity index (χ0n) is 2.44. The SMILES string of the molecule is [CH]/C=C/[CH2]. The molecule has 0 aliphatic heterocycles. The summed E-state index contributed by atoms with van der Waals surface area (Å²) < 4.78 is 0. The van der Waals surface area contributed by atoms with Gasteiger partial charge in [0.05, 0.1) is 0 Å². The first-order valence-electron chi connectivity index (χ1n) is 1.07. The third-order valence-corrected chi connectivity index (χ3v) is 0.136. The summed E-state index contributed by atoms with van der Waals surface area (Å²) in [5.74, 6) is 0. The van der Waals surface area contributed by atoms with Crippen molar-refractivity contribution in [3.63, 3.8) is 0 Å². The van der Waals surface area contributed by atoms with E-state index in [1.54, 1.807) is 0 Å². The zero-order chi connectivity index (χ0) is 3.41. The molecule has 0 saturated heterocycles. The van der Waals surface area contributed by atoms with Crippen LogP contribution in [-0.2, 0) is 0 Å². The van der Waals surface area contributed by atoms with Gasteiger partial charge in [0.1, 0.15) is 0 Å². The quantitative estimate of drug-likeness (QED) is 0.387.